The van der Waals surface area contributed by atoms with Crippen molar-refractivity contribution in [2.45, 2.75) is 32.6 Å². The average Bonchev–Trinajstić information content (AvgIpc) is 2.27. The molecule has 2 atom stereocenters. The smallest absolute Gasteiger partial charge is 0.141 e. The summed E-state index contributed by atoms with van der Waals surface area (Å²) < 4.78 is 17.0. The van der Waals surface area contributed by atoms with Gasteiger partial charge in [0, 0.05) is 22.3 Å². The van der Waals surface area contributed by atoms with E-state index in [2.05, 4.69) is 18.2 Å². The lowest BCUT2D eigenvalue weighted by molar-refractivity contribution is 0.116. The predicted molar refractivity (Wildman–Crippen MR) is 73.7 cm³/mol. The molecule has 0 N–H and O–H groups in total. The molecule has 1 aromatic rings. The Hall–Kier alpha value is -1.18. The second kappa shape index (κ2) is 7.30. The quantitative estimate of drug-likeness (QED) is 0.794. The van der Waals surface area contributed by atoms with Crippen LogP contribution in [-0.2, 0) is 21.3 Å². The van der Waals surface area contributed by atoms with Crippen molar-refractivity contribution in [1.29, 1.82) is 5.26 Å². The van der Waals surface area contributed by atoms with E-state index in [0.29, 0.717) is 18.1 Å². The van der Waals surface area contributed by atoms with Crippen LogP contribution in [0.25, 0.3) is 0 Å². The van der Waals surface area contributed by atoms with Gasteiger partial charge in [-0.05, 0) is 26.3 Å². The summed E-state index contributed by atoms with van der Waals surface area (Å²) in [5, 5.41) is 8.55. The van der Waals surface area contributed by atoms with Gasteiger partial charge in [-0.25, -0.2) is 0 Å². The predicted octanol–water partition coefficient (Wildman–Crippen LogP) is 2.48. The summed E-state index contributed by atoms with van der Waals surface area (Å²) in [6.07, 6.45) is -0.428. The summed E-state index contributed by atoms with van der Waals surface area (Å²) in [7, 11) is -0.940. The highest BCUT2D eigenvalue weighted by Crippen LogP contribution is 2.11. The average molecular weight is 265 g/mol. The Labute approximate surface area is 111 Å². The Morgan fingerprint density at radius 2 is 1.94 bits per heavy atom. The maximum atomic E-state index is 11.9. The van der Waals surface area contributed by atoms with Crippen molar-refractivity contribution >= 4 is 10.8 Å². The molecule has 0 fully saturated rings. The third-order valence-electron chi connectivity index (χ3n) is 2.47. The van der Waals surface area contributed by atoms with Gasteiger partial charge in [0.1, 0.15) is 6.10 Å². The van der Waals surface area contributed by atoms with Crippen LogP contribution in [0.15, 0.2) is 18.2 Å². The van der Waals surface area contributed by atoms with Gasteiger partial charge < -0.3 is 4.74 Å². The molecule has 0 amide bonds. The summed E-state index contributed by atoms with van der Waals surface area (Å²) in [4.78, 5) is 0. The second-order valence-electron chi connectivity index (χ2n) is 4.43. The van der Waals surface area contributed by atoms with Gasteiger partial charge >= 0.3 is 0 Å². The molecule has 0 spiro atoms. The zero-order valence-electron chi connectivity index (χ0n) is 11.1. The summed E-state index contributed by atoms with van der Waals surface area (Å²) in [5.74, 6) is 1.02. The van der Waals surface area contributed by atoms with Gasteiger partial charge in [-0.1, -0.05) is 29.3 Å². The third-order valence-corrected chi connectivity index (χ3v) is 3.75. The molecule has 1 rings (SSSR count). The molecule has 3 nitrogen and oxygen atoms in total. The lowest BCUT2D eigenvalue weighted by Crippen LogP contribution is -2.13. The van der Waals surface area contributed by atoms with Crippen molar-refractivity contribution in [3.8, 4) is 6.07 Å². The second-order valence-corrected chi connectivity index (χ2v) is 6.00. The fourth-order valence-corrected chi connectivity index (χ4v) is 2.73. The van der Waals surface area contributed by atoms with Gasteiger partial charge in [0.15, 0.2) is 0 Å². The molecule has 18 heavy (non-hydrogen) atoms. The van der Waals surface area contributed by atoms with Crippen LogP contribution in [-0.4, -0.2) is 22.7 Å². The van der Waals surface area contributed by atoms with Gasteiger partial charge in [0.25, 0.3) is 0 Å². The molecular formula is C14H19NO2S. The fourth-order valence-electron chi connectivity index (χ4n) is 1.77. The molecule has 2 unspecified atom stereocenters. The minimum Gasteiger partial charge on any atom is -0.363 e. The largest absolute Gasteiger partial charge is 0.363 e. The van der Waals surface area contributed by atoms with E-state index in [-0.39, 0.29) is 0 Å². The molecule has 0 radical (unpaired) electrons. The zero-order valence-corrected chi connectivity index (χ0v) is 11.9. The Morgan fingerprint density at radius 3 is 2.50 bits per heavy atom. The number of aryl methyl sites for hydroxylation is 2. The highest BCUT2D eigenvalue weighted by atomic mass is 32.2. The molecule has 4 heteroatoms. The molecule has 98 valence electrons. The van der Waals surface area contributed by atoms with E-state index in [9.17, 15) is 4.21 Å². The topological polar surface area (TPSA) is 50.1 Å². The SMILES string of the molecule is Cc1cc(C)cc(CS(=O)CCOC(C)C#N)c1. The van der Waals surface area contributed by atoms with Crippen LogP contribution in [0.1, 0.15) is 23.6 Å². The van der Waals surface area contributed by atoms with Crippen LogP contribution >= 0.6 is 0 Å². The maximum absolute atomic E-state index is 11.9. The van der Waals surface area contributed by atoms with E-state index in [1.807, 2.05) is 19.9 Å². The molecule has 0 aliphatic carbocycles. The standard InChI is InChI=1S/C14H19NO2S/c1-11-6-12(2)8-14(7-11)10-18(16)5-4-17-13(3)9-15/h6-8,13H,4-5,10H2,1-3H3. The van der Waals surface area contributed by atoms with Gasteiger partial charge in [-0.15, -0.1) is 0 Å². The first-order valence-electron chi connectivity index (χ1n) is 5.94. The van der Waals surface area contributed by atoms with Crippen molar-refractivity contribution in [3.05, 3.63) is 34.9 Å². The van der Waals surface area contributed by atoms with E-state index in [4.69, 9.17) is 10.00 Å². The minimum atomic E-state index is -0.940. The normalized spacial score (nSPS) is 13.9. The lowest BCUT2D eigenvalue weighted by atomic mass is 10.1. The molecular weight excluding hydrogens is 246 g/mol. The van der Waals surface area contributed by atoms with Crippen molar-refractivity contribution < 1.29 is 8.95 Å². The van der Waals surface area contributed by atoms with E-state index in [1.54, 1.807) is 6.92 Å². The Balaban J connectivity index is 2.43. The van der Waals surface area contributed by atoms with Gasteiger partial charge in [-0.3, -0.25) is 4.21 Å². The van der Waals surface area contributed by atoms with Gasteiger partial charge in [-0.2, -0.15) is 5.26 Å². The number of nitrogens with zero attached hydrogens (tertiary/aromatic N) is 1. The Bertz CT molecular complexity index is 445. The van der Waals surface area contributed by atoms with Crippen LogP contribution in [0, 0.1) is 25.2 Å². The monoisotopic (exact) mass is 265 g/mol. The van der Waals surface area contributed by atoms with Crippen LogP contribution in [0.3, 0.4) is 0 Å². The first-order chi connectivity index (χ1) is 8.51. The molecule has 0 aliphatic rings. The number of hydrogen-bond acceptors (Lipinski definition) is 3. The maximum Gasteiger partial charge on any atom is 0.141 e. The van der Waals surface area contributed by atoms with Gasteiger partial charge in [0.2, 0.25) is 0 Å². The molecule has 0 aliphatic heterocycles. The highest BCUT2D eigenvalue weighted by Gasteiger charge is 2.05. The Kier molecular flexibility index (Phi) is 6.03. The molecule has 0 saturated heterocycles. The van der Waals surface area contributed by atoms with Crippen LogP contribution in [0.2, 0.25) is 0 Å². The summed E-state index contributed by atoms with van der Waals surface area (Å²) in [6.45, 7) is 6.13. The van der Waals surface area contributed by atoms with Gasteiger partial charge in [0.05, 0.1) is 12.7 Å². The molecule has 0 heterocycles. The molecule has 0 bridgehead atoms. The van der Waals surface area contributed by atoms with E-state index in [1.165, 1.54) is 11.1 Å². The summed E-state index contributed by atoms with van der Waals surface area (Å²) in [5.41, 5.74) is 3.48. The van der Waals surface area contributed by atoms with Crippen LogP contribution in [0.5, 0.6) is 0 Å². The van der Waals surface area contributed by atoms with Crippen molar-refractivity contribution in [2.24, 2.45) is 0 Å². The molecule has 0 aromatic heterocycles. The summed E-state index contributed by atoms with van der Waals surface area (Å²) >= 11 is 0. The number of hydrogen-bond donors (Lipinski definition) is 0. The van der Waals surface area contributed by atoms with Crippen LogP contribution in [0.4, 0.5) is 0 Å². The van der Waals surface area contributed by atoms with E-state index in [0.717, 1.165) is 5.56 Å². The highest BCUT2D eigenvalue weighted by molar-refractivity contribution is 7.84. The fraction of sp³-hybridized carbons (Fsp3) is 0.500. The first kappa shape index (κ1) is 14.9. The molecule has 1 aromatic carbocycles. The number of nitriles is 1. The number of rotatable bonds is 6. The third kappa shape index (κ3) is 5.44. The minimum absolute atomic E-state index is 0.367. The first-order valence-corrected chi connectivity index (χ1v) is 7.43. The van der Waals surface area contributed by atoms with Crippen LogP contribution < -0.4 is 0 Å². The van der Waals surface area contributed by atoms with Crippen molar-refractivity contribution in [2.75, 3.05) is 12.4 Å². The van der Waals surface area contributed by atoms with E-state index >= 15 is 0 Å². The lowest BCUT2D eigenvalue weighted by Gasteiger charge is -2.07. The Morgan fingerprint density at radius 1 is 1.33 bits per heavy atom. The number of benzene rings is 1. The van der Waals surface area contributed by atoms with Crippen molar-refractivity contribution in [3.63, 3.8) is 0 Å². The van der Waals surface area contributed by atoms with Crippen molar-refractivity contribution in [1.82, 2.24) is 0 Å². The summed E-state index contributed by atoms with van der Waals surface area (Å²) in [6, 6.07) is 8.20. The molecule has 0 saturated carbocycles. The number of ether oxygens (including phenoxy) is 1. The van der Waals surface area contributed by atoms with E-state index < -0.39 is 16.9 Å². The zero-order chi connectivity index (χ0) is 13.5.